The first-order valence-electron chi connectivity index (χ1n) is 8.76. The highest BCUT2D eigenvalue weighted by Crippen LogP contribution is 2.30. The summed E-state index contributed by atoms with van der Waals surface area (Å²) >= 11 is 0. The van der Waals surface area contributed by atoms with E-state index in [0.717, 1.165) is 18.7 Å². The van der Waals surface area contributed by atoms with E-state index in [-0.39, 0.29) is 5.91 Å². The van der Waals surface area contributed by atoms with Crippen molar-refractivity contribution in [2.45, 2.75) is 64.0 Å². The molecule has 1 fully saturated rings. The van der Waals surface area contributed by atoms with Gasteiger partial charge in [0.25, 0.3) is 0 Å². The topological polar surface area (TPSA) is 51.0 Å². The number of hydrogen-bond acceptors (Lipinski definition) is 3. The molecule has 5 heteroatoms. The third-order valence-corrected chi connectivity index (χ3v) is 4.93. The number of aromatic nitrogens is 3. The molecule has 0 saturated heterocycles. The minimum Gasteiger partial charge on any atom is -0.333 e. The van der Waals surface area contributed by atoms with Crippen LogP contribution in [0.3, 0.4) is 0 Å². The Bertz CT molecular complexity index is 586. The highest BCUT2D eigenvalue weighted by Gasteiger charge is 2.21. The van der Waals surface area contributed by atoms with Gasteiger partial charge in [-0.3, -0.25) is 4.79 Å². The molecule has 0 spiro atoms. The van der Waals surface area contributed by atoms with E-state index in [1.165, 1.54) is 56.6 Å². The molecule has 0 radical (unpaired) electrons. The summed E-state index contributed by atoms with van der Waals surface area (Å²) in [4.78, 5) is 14.0. The molecule has 1 heterocycles. The predicted octanol–water partition coefficient (Wildman–Crippen LogP) is 3.41. The van der Waals surface area contributed by atoms with Crippen LogP contribution < -0.4 is 0 Å². The molecule has 2 aliphatic carbocycles. The Morgan fingerprint density at radius 2 is 2.26 bits per heavy atom. The van der Waals surface area contributed by atoms with Gasteiger partial charge >= 0.3 is 0 Å². The number of hydrogen-bond donors (Lipinski definition) is 0. The van der Waals surface area contributed by atoms with Crippen molar-refractivity contribution < 1.29 is 4.79 Å². The summed E-state index contributed by atoms with van der Waals surface area (Å²) < 4.78 is 1.96. The highest BCUT2D eigenvalue weighted by atomic mass is 16.2. The molecule has 3 rings (SSSR count). The fourth-order valence-electron chi connectivity index (χ4n) is 3.22. The molecule has 0 aromatic carbocycles. The van der Waals surface area contributed by atoms with Gasteiger partial charge in [0.05, 0.1) is 18.8 Å². The van der Waals surface area contributed by atoms with Gasteiger partial charge in [-0.15, -0.1) is 5.10 Å². The number of carbonyl (C=O) groups is 1. The van der Waals surface area contributed by atoms with Gasteiger partial charge in [-0.1, -0.05) is 23.4 Å². The van der Waals surface area contributed by atoms with Crippen LogP contribution in [0.25, 0.3) is 0 Å². The molecule has 23 heavy (non-hydrogen) atoms. The first-order chi connectivity index (χ1) is 11.3. The van der Waals surface area contributed by atoms with E-state index in [1.807, 2.05) is 15.8 Å². The lowest BCUT2D eigenvalue weighted by Crippen LogP contribution is -2.30. The van der Waals surface area contributed by atoms with Crippen LogP contribution >= 0.6 is 0 Å². The molecule has 0 N–H and O–H groups in total. The Morgan fingerprint density at radius 1 is 1.39 bits per heavy atom. The average molecular weight is 314 g/mol. The van der Waals surface area contributed by atoms with E-state index in [9.17, 15) is 4.79 Å². The van der Waals surface area contributed by atoms with Crippen molar-refractivity contribution in [2.24, 2.45) is 0 Å². The summed E-state index contributed by atoms with van der Waals surface area (Å²) in [5.74, 6) is -0.0281. The minimum atomic E-state index is -0.0281. The second-order valence-electron chi connectivity index (χ2n) is 6.60. The SMILES string of the molecule is C=CC(=O)N(CCC1=CCCCC1)Cc1cn(C2CCC2)nn1. The molecule has 124 valence electrons. The van der Waals surface area contributed by atoms with Gasteiger partial charge in [-0.2, -0.15) is 0 Å². The fraction of sp³-hybridized carbons (Fsp3) is 0.611. The summed E-state index contributed by atoms with van der Waals surface area (Å²) in [6, 6.07) is 0.507. The van der Waals surface area contributed by atoms with Crippen LogP contribution in [0.15, 0.2) is 30.5 Å². The number of amides is 1. The van der Waals surface area contributed by atoms with Crippen LogP contribution in [0, 0.1) is 0 Å². The Morgan fingerprint density at radius 3 is 2.91 bits per heavy atom. The van der Waals surface area contributed by atoms with Crippen LogP contribution in [-0.2, 0) is 11.3 Å². The van der Waals surface area contributed by atoms with Gasteiger partial charge in [-0.25, -0.2) is 4.68 Å². The molecule has 1 saturated carbocycles. The average Bonchev–Trinajstić information content (AvgIpc) is 2.98. The standard InChI is InChI=1S/C18H26N4O/c1-2-18(23)21(12-11-15-7-4-3-5-8-15)13-16-14-22(20-19-16)17-9-6-10-17/h2,7,14,17H,1,3-6,8-13H2. The van der Waals surface area contributed by atoms with E-state index in [2.05, 4.69) is 23.0 Å². The number of allylic oxidation sites excluding steroid dienone is 1. The molecule has 1 amide bonds. The van der Waals surface area contributed by atoms with E-state index in [1.54, 1.807) is 0 Å². The first-order valence-corrected chi connectivity index (χ1v) is 8.76. The monoisotopic (exact) mass is 314 g/mol. The lowest BCUT2D eigenvalue weighted by atomic mass is 9.93. The van der Waals surface area contributed by atoms with E-state index in [4.69, 9.17) is 0 Å². The third-order valence-electron chi connectivity index (χ3n) is 4.93. The van der Waals surface area contributed by atoms with Crippen molar-refractivity contribution in [3.63, 3.8) is 0 Å². The van der Waals surface area contributed by atoms with Gasteiger partial charge in [0, 0.05) is 6.54 Å². The van der Waals surface area contributed by atoms with E-state index < -0.39 is 0 Å². The molecule has 5 nitrogen and oxygen atoms in total. The van der Waals surface area contributed by atoms with E-state index in [0.29, 0.717) is 12.6 Å². The van der Waals surface area contributed by atoms with Crippen LogP contribution in [0.5, 0.6) is 0 Å². The summed E-state index contributed by atoms with van der Waals surface area (Å²) in [7, 11) is 0. The predicted molar refractivity (Wildman–Crippen MR) is 89.7 cm³/mol. The molecule has 1 aromatic rings. The Kier molecular flexibility index (Phi) is 5.26. The molecule has 1 aromatic heterocycles. The molecular weight excluding hydrogens is 288 g/mol. The second kappa shape index (κ2) is 7.57. The lowest BCUT2D eigenvalue weighted by Gasteiger charge is -2.24. The highest BCUT2D eigenvalue weighted by molar-refractivity contribution is 5.86. The quantitative estimate of drug-likeness (QED) is 0.572. The largest absolute Gasteiger partial charge is 0.333 e. The van der Waals surface area contributed by atoms with Crippen molar-refractivity contribution in [3.8, 4) is 0 Å². The first kappa shape index (κ1) is 16.0. The van der Waals surface area contributed by atoms with Gasteiger partial charge in [0.15, 0.2) is 0 Å². The maximum atomic E-state index is 12.1. The maximum Gasteiger partial charge on any atom is 0.246 e. The van der Waals surface area contributed by atoms with Crippen LogP contribution in [-0.4, -0.2) is 32.3 Å². The van der Waals surface area contributed by atoms with Crippen molar-refractivity contribution in [2.75, 3.05) is 6.54 Å². The lowest BCUT2D eigenvalue weighted by molar-refractivity contribution is -0.126. The number of carbonyl (C=O) groups excluding carboxylic acids is 1. The molecule has 0 atom stereocenters. The molecule has 0 bridgehead atoms. The zero-order chi connectivity index (χ0) is 16.1. The smallest absolute Gasteiger partial charge is 0.246 e. The summed E-state index contributed by atoms with van der Waals surface area (Å²) in [6.07, 6.45) is 15.3. The van der Waals surface area contributed by atoms with Gasteiger partial charge in [0.2, 0.25) is 5.91 Å². The Hall–Kier alpha value is -1.91. The van der Waals surface area contributed by atoms with Gasteiger partial charge in [0.1, 0.15) is 5.69 Å². The zero-order valence-electron chi connectivity index (χ0n) is 13.8. The minimum absolute atomic E-state index is 0.0281. The van der Waals surface area contributed by atoms with E-state index >= 15 is 0 Å². The Labute approximate surface area is 138 Å². The van der Waals surface area contributed by atoms with Crippen LogP contribution in [0.2, 0.25) is 0 Å². The third kappa shape index (κ3) is 4.09. The normalized spacial score (nSPS) is 18.2. The summed E-state index contributed by atoms with van der Waals surface area (Å²) in [5.41, 5.74) is 2.35. The molecule has 0 aliphatic heterocycles. The van der Waals surface area contributed by atoms with Crippen LogP contribution in [0.4, 0.5) is 0 Å². The summed E-state index contributed by atoms with van der Waals surface area (Å²) in [6.45, 7) is 4.87. The molecular formula is C18H26N4O. The van der Waals surface area contributed by atoms with Crippen molar-refractivity contribution in [1.29, 1.82) is 0 Å². The molecule has 2 aliphatic rings. The van der Waals surface area contributed by atoms with Crippen LogP contribution in [0.1, 0.15) is 63.1 Å². The maximum absolute atomic E-state index is 12.1. The van der Waals surface area contributed by atoms with Gasteiger partial charge < -0.3 is 4.90 Å². The van der Waals surface area contributed by atoms with Crippen molar-refractivity contribution >= 4 is 5.91 Å². The number of nitrogens with zero attached hydrogens (tertiary/aromatic N) is 4. The zero-order valence-corrected chi connectivity index (χ0v) is 13.8. The van der Waals surface area contributed by atoms with Gasteiger partial charge in [-0.05, 0) is 57.4 Å². The Balaban J connectivity index is 1.59. The van der Waals surface area contributed by atoms with Crippen molar-refractivity contribution in [1.82, 2.24) is 19.9 Å². The molecule has 0 unspecified atom stereocenters. The summed E-state index contributed by atoms with van der Waals surface area (Å²) in [5, 5.41) is 8.46. The fourth-order valence-corrected chi connectivity index (χ4v) is 3.22. The second-order valence-corrected chi connectivity index (χ2v) is 6.60. The van der Waals surface area contributed by atoms with Crippen molar-refractivity contribution in [3.05, 3.63) is 36.2 Å². The number of rotatable bonds is 7.